The van der Waals surface area contributed by atoms with E-state index in [1.807, 2.05) is 9.80 Å². The SMILES string of the molecule is CC(=O)Nc1ccc(-c2nc(N3CCOCC3)nc(N3CCOCC3)n2)c(C(F)(F)F)n1. The zero-order valence-electron chi connectivity index (χ0n) is 17.4. The third-order valence-electron chi connectivity index (χ3n) is 4.91. The summed E-state index contributed by atoms with van der Waals surface area (Å²) in [6, 6.07) is 2.50. The number of rotatable bonds is 4. The maximum absolute atomic E-state index is 13.9. The molecule has 0 saturated carbocycles. The zero-order valence-corrected chi connectivity index (χ0v) is 17.4. The van der Waals surface area contributed by atoms with Crippen molar-refractivity contribution in [3.63, 3.8) is 0 Å². The number of halogens is 3. The van der Waals surface area contributed by atoms with E-state index in [1.54, 1.807) is 0 Å². The molecule has 1 amide bonds. The third kappa shape index (κ3) is 5.05. The Morgan fingerprint density at radius 3 is 1.91 bits per heavy atom. The summed E-state index contributed by atoms with van der Waals surface area (Å²) in [5.41, 5.74) is -1.48. The highest BCUT2D eigenvalue weighted by Crippen LogP contribution is 2.36. The molecule has 1 N–H and O–H groups in total. The lowest BCUT2D eigenvalue weighted by Crippen LogP contribution is -2.40. The number of hydrogen-bond acceptors (Lipinski definition) is 9. The maximum Gasteiger partial charge on any atom is 0.434 e. The van der Waals surface area contributed by atoms with E-state index < -0.39 is 17.8 Å². The first-order valence-corrected chi connectivity index (χ1v) is 10.1. The number of carbonyl (C=O) groups excluding carboxylic acids is 1. The van der Waals surface area contributed by atoms with E-state index in [4.69, 9.17) is 9.47 Å². The van der Waals surface area contributed by atoms with Crippen LogP contribution in [0.5, 0.6) is 0 Å². The Bertz CT molecular complexity index is 941. The predicted molar refractivity (Wildman–Crippen MR) is 108 cm³/mol. The number of morpholine rings is 2. The Labute approximate surface area is 181 Å². The molecule has 2 saturated heterocycles. The van der Waals surface area contributed by atoms with E-state index in [2.05, 4.69) is 25.3 Å². The lowest BCUT2D eigenvalue weighted by molar-refractivity contribution is -0.140. The van der Waals surface area contributed by atoms with Gasteiger partial charge in [-0.3, -0.25) is 4.79 Å². The van der Waals surface area contributed by atoms with Crippen LogP contribution >= 0.6 is 0 Å². The van der Waals surface area contributed by atoms with Crippen molar-refractivity contribution in [3.05, 3.63) is 17.8 Å². The average Bonchev–Trinajstić information content (AvgIpc) is 2.79. The van der Waals surface area contributed by atoms with Gasteiger partial charge in [-0.25, -0.2) is 4.98 Å². The van der Waals surface area contributed by atoms with Crippen LogP contribution in [0, 0.1) is 0 Å². The fourth-order valence-electron chi connectivity index (χ4n) is 3.39. The van der Waals surface area contributed by atoms with Crippen LogP contribution in [0.2, 0.25) is 0 Å². The van der Waals surface area contributed by atoms with Gasteiger partial charge in [-0.1, -0.05) is 0 Å². The normalized spacial score (nSPS) is 17.4. The van der Waals surface area contributed by atoms with E-state index in [-0.39, 0.29) is 29.1 Å². The van der Waals surface area contributed by atoms with Gasteiger partial charge in [-0.2, -0.15) is 28.1 Å². The first-order chi connectivity index (χ1) is 15.3. The fourth-order valence-corrected chi connectivity index (χ4v) is 3.39. The second-order valence-corrected chi connectivity index (χ2v) is 7.23. The number of nitrogens with one attached hydrogen (secondary N) is 1. The highest BCUT2D eigenvalue weighted by Gasteiger charge is 2.37. The molecular formula is C19H22F3N7O3. The van der Waals surface area contributed by atoms with E-state index in [9.17, 15) is 18.0 Å². The Morgan fingerprint density at radius 2 is 1.44 bits per heavy atom. The molecule has 0 unspecified atom stereocenters. The maximum atomic E-state index is 13.9. The molecule has 0 bridgehead atoms. The number of pyridine rings is 1. The summed E-state index contributed by atoms with van der Waals surface area (Å²) in [5, 5.41) is 2.27. The average molecular weight is 453 g/mol. The molecule has 32 heavy (non-hydrogen) atoms. The summed E-state index contributed by atoms with van der Waals surface area (Å²) in [6.07, 6.45) is -4.78. The molecule has 10 nitrogen and oxygen atoms in total. The van der Waals surface area contributed by atoms with E-state index >= 15 is 0 Å². The van der Waals surface area contributed by atoms with Crippen molar-refractivity contribution in [3.8, 4) is 11.4 Å². The molecule has 4 rings (SSSR count). The molecule has 0 aliphatic carbocycles. The number of nitrogens with zero attached hydrogens (tertiary/aromatic N) is 6. The first-order valence-electron chi connectivity index (χ1n) is 10.1. The molecule has 2 fully saturated rings. The Kier molecular flexibility index (Phi) is 6.37. The second kappa shape index (κ2) is 9.20. The van der Waals surface area contributed by atoms with Gasteiger partial charge in [0.05, 0.1) is 32.0 Å². The highest BCUT2D eigenvalue weighted by atomic mass is 19.4. The molecule has 2 aliphatic rings. The van der Waals surface area contributed by atoms with Gasteiger partial charge in [0.15, 0.2) is 11.5 Å². The fraction of sp³-hybridized carbons (Fsp3) is 0.526. The van der Waals surface area contributed by atoms with Gasteiger partial charge in [-0.15, -0.1) is 0 Å². The predicted octanol–water partition coefficient (Wildman–Crippen LogP) is 1.58. The Balaban J connectivity index is 1.81. The second-order valence-electron chi connectivity index (χ2n) is 7.23. The van der Waals surface area contributed by atoms with Crippen molar-refractivity contribution in [2.75, 3.05) is 67.7 Å². The monoisotopic (exact) mass is 453 g/mol. The summed E-state index contributed by atoms with van der Waals surface area (Å²) >= 11 is 0. The van der Waals surface area contributed by atoms with Crippen molar-refractivity contribution in [1.29, 1.82) is 0 Å². The summed E-state index contributed by atoms with van der Waals surface area (Å²) in [5.74, 6) is -0.318. The number of hydrogen-bond donors (Lipinski definition) is 1. The molecule has 2 aromatic rings. The van der Waals surface area contributed by atoms with Gasteiger partial charge < -0.3 is 24.6 Å². The van der Waals surface area contributed by atoms with Crippen molar-refractivity contribution in [2.24, 2.45) is 0 Å². The van der Waals surface area contributed by atoms with Crippen LogP contribution in [0.4, 0.5) is 30.9 Å². The van der Waals surface area contributed by atoms with E-state index in [0.717, 1.165) is 0 Å². The molecule has 0 spiro atoms. The largest absolute Gasteiger partial charge is 0.434 e. The number of carbonyl (C=O) groups is 1. The van der Waals surface area contributed by atoms with Gasteiger partial charge in [0.2, 0.25) is 17.8 Å². The molecule has 13 heteroatoms. The summed E-state index contributed by atoms with van der Waals surface area (Å²) in [4.78, 5) is 31.8. The van der Waals surface area contributed by atoms with Crippen LogP contribution in [-0.2, 0) is 20.4 Å². The molecule has 0 radical (unpaired) electrons. The first kappa shape index (κ1) is 22.1. The Hall–Kier alpha value is -3.06. The number of amides is 1. The highest BCUT2D eigenvalue weighted by molar-refractivity contribution is 5.87. The summed E-state index contributed by atoms with van der Waals surface area (Å²) in [7, 11) is 0. The molecule has 0 aromatic carbocycles. The molecule has 2 aliphatic heterocycles. The minimum absolute atomic E-state index is 0.141. The van der Waals surface area contributed by atoms with Crippen LogP contribution in [0.1, 0.15) is 12.6 Å². The van der Waals surface area contributed by atoms with Crippen LogP contribution in [0.15, 0.2) is 12.1 Å². The summed E-state index contributed by atoms with van der Waals surface area (Å²) < 4.78 is 52.3. The molecule has 0 atom stereocenters. The third-order valence-corrected chi connectivity index (χ3v) is 4.91. The van der Waals surface area contributed by atoms with Gasteiger partial charge in [0, 0.05) is 33.1 Å². The standard InChI is InChI=1S/C19H22F3N7O3/c1-12(30)23-14-3-2-13(15(24-14)19(20,21)22)16-25-17(28-4-8-31-9-5-28)27-18(26-16)29-6-10-32-11-7-29/h2-3H,4-11H2,1H3,(H,23,24,30). The van der Waals surface area contributed by atoms with Gasteiger partial charge >= 0.3 is 6.18 Å². The van der Waals surface area contributed by atoms with Crippen molar-refractivity contribution >= 4 is 23.6 Å². The van der Waals surface area contributed by atoms with Crippen molar-refractivity contribution < 1.29 is 27.4 Å². The quantitative estimate of drug-likeness (QED) is 0.739. The summed E-state index contributed by atoms with van der Waals surface area (Å²) in [6.45, 7) is 5.11. The van der Waals surface area contributed by atoms with Crippen LogP contribution in [0.3, 0.4) is 0 Å². The van der Waals surface area contributed by atoms with Crippen LogP contribution in [-0.4, -0.2) is 78.4 Å². The van der Waals surface area contributed by atoms with Crippen molar-refractivity contribution in [2.45, 2.75) is 13.1 Å². The lowest BCUT2D eigenvalue weighted by atomic mass is 10.1. The van der Waals surface area contributed by atoms with E-state index in [1.165, 1.54) is 19.1 Å². The van der Waals surface area contributed by atoms with Crippen LogP contribution < -0.4 is 15.1 Å². The minimum atomic E-state index is -4.78. The number of aromatic nitrogens is 4. The zero-order chi connectivity index (χ0) is 22.7. The van der Waals surface area contributed by atoms with Crippen molar-refractivity contribution in [1.82, 2.24) is 19.9 Å². The van der Waals surface area contributed by atoms with Gasteiger partial charge in [0.1, 0.15) is 5.82 Å². The van der Waals surface area contributed by atoms with E-state index in [0.29, 0.717) is 52.6 Å². The van der Waals surface area contributed by atoms with Gasteiger partial charge in [0.25, 0.3) is 0 Å². The molecule has 172 valence electrons. The number of anilines is 3. The topological polar surface area (TPSA) is 106 Å². The molecule has 2 aromatic heterocycles. The lowest BCUT2D eigenvalue weighted by Gasteiger charge is -2.30. The van der Waals surface area contributed by atoms with Gasteiger partial charge in [-0.05, 0) is 12.1 Å². The molecule has 4 heterocycles. The minimum Gasteiger partial charge on any atom is -0.378 e. The Morgan fingerprint density at radius 1 is 0.906 bits per heavy atom. The molecular weight excluding hydrogens is 431 g/mol. The number of ether oxygens (including phenoxy) is 2. The number of alkyl halides is 3. The smallest absolute Gasteiger partial charge is 0.378 e. The van der Waals surface area contributed by atoms with Crippen LogP contribution in [0.25, 0.3) is 11.4 Å².